The molecule has 0 N–H and O–H groups in total. The number of non-ortho nitro benzene ring substituents is 1. The van der Waals surface area contributed by atoms with Gasteiger partial charge in [0.15, 0.2) is 5.78 Å². The molecule has 0 amide bonds. The summed E-state index contributed by atoms with van der Waals surface area (Å²) in [5.74, 6) is -1.37. The number of hydrogen-bond donors (Lipinski definition) is 0. The van der Waals surface area contributed by atoms with Gasteiger partial charge >= 0.3 is 0 Å². The number of rotatable bonds is 4. The second-order valence-corrected chi connectivity index (χ2v) is 3.57. The predicted octanol–water partition coefficient (Wildman–Crippen LogP) is 2.03. The van der Waals surface area contributed by atoms with Gasteiger partial charge in [0, 0.05) is 19.1 Å². The van der Waals surface area contributed by atoms with Gasteiger partial charge in [-0.05, 0) is 5.56 Å². The molecule has 84 valence electrons. The largest absolute Gasteiger partial charge is 0.291 e. The molecule has 1 unspecified atom stereocenters. The van der Waals surface area contributed by atoms with Gasteiger partial charge in [-0.3, -0.25) is 19.7 Å². The summed E-state index contributed by atoms with van der Waals surface area (Å²) in [7, 11) is 0. The number of benzene rings is 1. The molecule has 0 saturated heterocycles. The standard InChI is InChI=1S/C10H8ClNO4/c1-6(13)10(14)9(11)7-2-4-8(5-3-7)12(15)16/h2-5,9H,1H3. The molecule has 0 heterocycles. The van der Waals surface area contributed by atoms with Crippen LogP contribution >= 0.6 is 11.6 Å². The minimum atomic E-state index is -1.08. The third-order valence-corrected chi connectivity index (χ3v) is 2.42. The first kappa shape index (κ1) is 12.3. The molecule has 0 bridgehead atoms. The van der Waals surface area contributed by atoms with Crippen LogP contribution in [0.5, 0.6) is 0 Å². The van der Waals surface area contributed by atoms with Crippen LogP contribution in [0.3, 0.4) is 0 Å². The molecule has 0 fully saturated rings. The summed E-state index contributed by atoms with van der Waals surface area (Å²) in [6, 6.07) is 5.18. The quantitative estimate of drug-likeness (QED) is 0.350. The molecule has 0 saturated carbocycles. The zero-order valence-corrected chi connectivity index (χ0v) is 9.10. The van der Waals surface area contributed by atoms with Crippen LogP contribution < -0.4 is 0 Å². The first-order chi connectivity index (χ1) is 7.43. The van der Waals surface area contributed by atoms with Crippen molar-refractivity contribution in [1.82, 2.24) is 0 Å². The maximum Gasteiger partial charge on any atom is 0.269 e. The summed E-state index contributed by atoms with van der Waals surface area (Å²) in [6.07, 6.45) is 0. The number of nitro groups is 1. The minimum absolute atomic E-state index is 0.0945. The Morgan fingerprint density at radius 3 is 2.19 bits per heavy atom. The van der Waals surface area contributed by atoms with Crippen molar-refractivity contribution in [2.75, 3.05) is 0 Å². The van der Waals surface area contributed by atoms with E-state index in [1.807, 2.05) is 0 Å². The van der Waals surface area contributed by atoms with Crippen molar-refractivity contribution < 1.29 is 14.5 Å². The lowest BCUT2D eigenvalue weighted by Crippen LogP contribution is -2.15. The first-order valence-electron chi connectivity index (χ1n) is 4.36. The van der Waals surface area contributed by atoms with Crippen molar-refractivity contribution in [3.8, 4) is 0 Å². The van der Waals surface area contributed by atoms with E-state index in [1.165, 1.54) is 24.3 Å². The van der Waals surface area contributed by atoms with Crippen LogP contribution in [0.4, 0.5) is 5.69 Å². The van der Waals surface area contributed by atoms with Gasteiger partial charge < -0.3 is 0 Å². The Labute approximate surface area is 96.2 Å². The number of halogens is 1. The lowest BCUT2D eigenvalue weighted by atomic mass is 10.1. The Morgan fingerprint density at radius 2 is 1.81 bits per heavy atom. The number of nitrogens with zero attached hydrogens (tertiary/aromatic N) is 1. The average Bonchev–Trinajstić information content (AvgIpc) is 2.27. The molecule has 1 rings (SSSR count). The van der Waals surface area contributed by atoms with Crippen molar-refractivity contribution in [2.45, 2.75) is 12.3 Å². The number of nitro benzene ring substituents is 1. The summed E-state index contributed by atoms with van der Waals surface area (Å²) in [5, 5.41) is 9.29. The smallest absolute Gasteiger partial charge is 0.269 e. The fraction of sp³-hybridized carbons (Fsp3) is 0.200. The number of hydrogen-bond acceptors (Lipinski definition) is 4. The molecular weight excluding hydrogens is 234 g/mol. The maximum atomic E-state index is 11.2. The molecule has 0 aromatic heterocycles. The Hall–Kier alpha value is -1.75. The molecule has 16 heavy (non-hydrogen) atoms. The highest BCUT2D eigenvalue weighted by molar-refractivity contribution is 6.48. The lowest BCUT2D eigenvalue weighted by molar-refractivity contribution is -0.384. The fourth-order valence-corrected chi connectivity index (χ4v) is 1.39. The van der Waals surface area contributed by atoms with Crippen molar-refractivity contribution in [1.29, 1.82) is 0 Å². The van der Waals surface area contributed by atoms with Crippen molar-refractivity contribution >= 4 is 28.9 Å². The van der Waals surface area contributed by atoms with Gasteiger partial charge in [0.25, 0.3) is 5.69 Å². The lowest BCUT2D eigenvalue weighted by Gasteiger charge is -2.05. The van der Waals surface area contributed by atoms with Crippen molar-refractivity contribution in [2.24, 2.45) is 0 Å². The second-order valence-electron chi connectivity index (χ2n) is 3.13. The molecule has 0 aliphatic heterocycles. The van der Waals surface area contributed by atoms with Gasteiger partial charge in [0.05, 0.1) is 4.92 Å². The predicted molar refractivity (Wildman–Crippen MR) is 57.4 cm³/mol. The van der Waals surface area contributed by atoms with E-state index >= 15 is 0 Å². The van der Waals surface area contributed by atoms with Crippen LogP contribution in [-0.2, 0) is 9.59 Å². The normalized spacial score (nSPS) is 11.9. The molecule has 0 radical (unpaired) electrons. The van der Waals surface area contributed by atoms with Gasteiger partial charge in [0.1, 0.15) is 5.38 Å². The summed E-state index contributed by atoms with van der Waals surface area (Å²) < 4.78 is 0. The minimum Gasteiger partial charge on any atom is -0.291 e. The number of Topliss-reactive ketones (excluding diaryl/α,β-unsaturated/α-hetero) is 2. The third-order valence-electron chi connectivity index (χ3n) is 1.97. The SMILES string of the molecule is CC(=O)C(=O)C(Cl)c1ccc([N+](=O)[O-])cc1. The van der Waals surface area contributed by atoms with Gasteiger partial charge in [-0.15, -0.1) is 11.6 Å². The van der Waals surface area contributed by atoms with Gasteiger partial charge in [-0.1, -0.05) is 12.1 Å². The van der Waals surface area contributed by atoms with Gasteiger partial charge in [-0.2, -0.15) is 0 Å². The zero-order chi connectivity index (χ0) is 12.3. The Balaban J connectivity index is 2.94. The van der Waals surface area contributed by atoms with Crippen molar-refractivity contribution in [3.63, 3.8) is 0 Å². The first-order valence-corrected chi connectivity index (χ1v) is 4.80. The van der Waals surface area contributed by atoms with Crippen LogP contribution in [0, 0.1) is 10.1 Å². The zero-order valence-electron chi connectivity index (χ0n) is 8.34. The molecular formula is C10H8ClNO4. The molecule has 0 aliphatic carbocycles. The van der Waals surface area contributed by atoms with Gasteiger partial charge in [0.2, 0.25) is 5.78 Å². The Bertz CT molecular complexity index is 441. The molecule has 1 atom stereocenters. The molecule has 6 heteroatoms. The van der Waals surface area contributed by atoms with Crippen molar-refractivity contribution in [3.05, 3.63) is 39.9 Å². The van der Waals surface area contributed by atoms with Gasteiger partial charge in [-0.25, -0.2) is 0 Å². The average molecular weight is 242 g/mol. The van der Waals surface area contributed by atoms with E-state index in [4.69, 9.17) is 11.6 Å². The number of carbonyl (C=O) groups is 2. The number of ketones is 2. The highest BCUT2D eigenvalue weighted by Gasteiger charge is 2.21. The highest BCUT2D eigenvalue weighted by Crippen LogP contribution is 2.23. The number of alkyl halides is 1. The van der Waals surface area contributed by atoms with Crippen LogP contribution in [-0.4, -0.2) is 16.5 Å². The Morgan fingerprint density at radius 1 is 1.31 bits per heavy atom. The van der Waals surface area contributed by atoms with Crippen LogP contribution in [0.1, 0.15) is 17.9 Å². The molecule has 0 spiro atoms. The maximum absolute atomic E-state index is 11.2. The highest BCUT2D eigenvalue weighted by atomic mass is 35.5. The summed E-state index contributed by atoms with van der Waals surface area (Å²) in [4.78, 5) is 31.9. The molecule has 0 aliphatic rings. The van der Waals surface area contributed by atoms with E-state index in [1.54, 1.807) is 0 Å². The third kappa shape index (κ3) is 2.64. The molecule has 5 nitrogen and oxygen atoms in total. The monoisotopic (exact) mass is 241 g/mol. The summed E-state index contributed by atoms with van der Waals surface area (Å²) >= 11 is 5.74. The fourth-order valence-electron chi connectivity index (χ4n) is 1.09. The summed E-state index contributed by atoms with van der Waals surface area (Å²) in [5.41, 5.74) is 0.273. The summed E-state index contributed by atoms with van der Waals surface area (Å²) in [6.45, 7) is 1.13. The van der Waals surface area contributed by atoms with Crippen LogP contribution in [0.2, 0.25) is 0 Å². The Kier molecular flexibility index (Phi) is 3.73. The molecule has 1 aromatic rings. The van der Waals surface area contributed by atoms with E-state index in [-0.39, 0.29) is 5.69 Å². The van der Waals surface area contributed by atoms with E-state index in [0.29, 0.717) is 5.56 Å². The van der Waals surface area contributed by atoms with Crippen LogP contribution in [0.15, 0.2) is 24.3 Å². The van der Waals surface area contributed by atoms with Crippen LogP contribution in [0.25, 0.3) is 0 Å². The number of carbonyl (C=O) groups excluding carboxylic acids is 2. The van der Waals surface area contributed by atoms with E-state index < -0.39 is 21.9 Å². The van der Waals surface area contributed by atoms with E-state index in [9.17, 15) is 19.7 Å². The second kappa shape index (κ2) is 4.85. The van der Waals surface area contributed by atoms with E-state index in [0.717, 1.165) is 6.92 Å². The topological polar surface area (TPSA) is 77.3 Å². The van der Waals surface area contributed by atoms with E-state index in [2.05, 4.69) is 0 Å². The molecule has 1 aromatic carbocycles.